The first-order valence-corrected chi connectivity index (χ1v) is 24.1. The molecular formula is C43H62N4O8SSi. The lowest BCUT2D eigenvalue weighted by atomic mass is 9.91. The molecule has 0 saturated carbocycles. The Morgan fingerprint density at radius 3 is 2.47 bits per heavy atom. The van der Waals surface area contributed by atoms with E-state index in [0.29, 0.717) is 56.5 Å². The van der Waals surface area contributed by atoms with Crippen LogP contribution in [0.1, 0.15) is 102 Å². The van der Waals surface area contributed by atoms with Gasteiger partial charge in [-0.15, -0.1) is 11.3 Å². The minimum Gasteiger partial charge on any atom is -0.412 e. The normalized spacial score (nSPS) is 20.0. The Kier molecular flexibility index (Phi) is 16.1. The van der Waals surface area contributed by atoms with E-state index in [0.717, 1.165) is 41.9 Å². The van der Waals surface area contributed by atoms with Crippen molar-refractivity contribution >= 4 is 31.5 Å². The van der Waals surface area contributed by atoms with Crippen LogP contribution in [-0.4, -0.2) is 99.8 Å². The number of hydrogen-bond acceptors (Lipinski definition) is 11. The Hall–Kier alpha value is -3.42. The Bertz CT molecular complexity index is 1800. The van der Waals surface area contributed by atoms with Gasteiger partial charge in [-0.05, 0) is 74.2 Å². The molecule has 1 unspecified atom stereocenters. The number of nitrogens with one attached hydrogen (secondary N) is 1. The van der Waals surface area contributed by atoms with Gasteiger partial charge in [-0.3, -0.25) is 9.59 Å². The van der Waals surface area contributed by atoms with Gasteiger partial charge in [0.05, 0.1) is 54.7 Å². The lowest BCUT2D eigenvalue weighted by Crippen LogP contribution is -2.48. The molecule has 0 spiro atoms. The summed E-state index contributed by atoms with van der Waals surface area (Å²) >= 11 is 1.52. The van der Waals surface area contributed by atoms with Crippen LogP contribution in [0.3, 0.4) is 0 Å². The molecule has 5 rings (SSSR count). The molecule has 2 aliphatic rings. The maximum atomic E-state index is 14.3. The van der Waals surface area contributed by atoms with Crippen molar-refractivity contribution in [3.8, 4) is 22.3 Å². The second kappa shape index (κ2) is 20.5. The largest absolute Gasteiger partial charge is 0.412 e. The van der Waals surface area contributed by atoms with Crippen LogP contribution in [0, 0.1) is 24.7 Å². The fraction of sp³-hybridized carbons (Fsp3) is 0.628. The molecule has 57 heavy (non-hydrogen) atoms. The molecule has 5 atom stereocenters. The van der Waals surface area contributed by atoms with Crippen LogP contribution < -0.4 is 5.32 Å². The lowest BCUT2D eigenvalue weighted by Gasteiger charge is -2.38. The highest BCUT2D eigenvalue weighted by molar-refractivity contribution is 7.13. The topological polar surface area (TPSA) is 134 Å². The summed E-state index contributed by atoms with van der Waals surface area (Å²) in [5.74, 6) is 5.74. The zero-order valence-corrected chi connectivity index (χ0v) is 37.0. The van der Waals surface area contributed by atoms with Crippen molar-refractivity contribution in [3.63, 3.8) is 0 Å². The molecule has 1 aromatic carbocycles. The van der Waals surface area contributed by atoms with E-state index in [2.05, 4.69) is 61.2 Å². The van der Waals surface area contributed by atoms with Crippen LogP contribution in [0.25, 0.3) is 10.4 Å². The van der Waals surface area contributed by atoms with E-state index < -0.39 is 20.3 Å². The lowest BCUT2D eigenvalue weighted by molar-refractivity contribution is -0.169. The third kappa shape index (κ3) is 12.3. The predicted octanol–water partition coefficient (Wildman–Crippen LogP) is 7.64. The summed E-state index contributed by atoms with van der Waals surface area (Å²) in [5, 5.41) is 7.24. The first-order valence-electron chi connectivity index (χ1n) is 20.3. The standard InChI is InChI=1S/C43H62N4O8SSi/c1-29(2)39(37-25-30(3)46-54-37)42(49)47-27-34(55-57(8,9)43(5,6)7)26-36(47)41(48)45-31(4)32-15-17-33(18-16-32)40-35(44-28-56-40)13-12-19-50-21-22-51-23-24-53-38-14-10-11-20-52-38/h15-18,25,28-29,31,34,36,38-39H,10-11,14,19-24,26-27H2,1-9H3,(H,45,48)/t31-,34+,36-,38?,39+/m0/s1. The molecule has 0 aliphatic carbocycles. The highest BCUT2D eigenvalue weighted by atomic mass is 32.1. The van der Waals surface area contributed by atoms with Gasteiger partial charge in [-0.1, -0.05) is 70.0 Å². The minimum absolute atomic E-state index is 0.0158. The van der Waals surface area contributed by atoms with E-state index in [4.69, 9.17) is 27.9 Å². The molecule has 2 fully saturated rings. The van der Waals surface area contributed by atoms with Crippen molar-refractivity contribution in [1.82, 2.24) is 20.4 Å². The molecule has 0 bridgehead atoms. The number of carbonyl (C=O) groups is 2. The molecule has 12 nitrogen and oxygen atoms in total. The molecular weight excluding hydrogens is 761 g/mol. The highest BCUT2D eigenvalue weighted by Crippen LogP contribution is 2.40. The zero-order chi connectivity index (χ0) is 41.2. The average Bonchev–Trinajstić information content (AvgIpc) is 3.92. The molecule has 3 aromatic rings. The summed E-state index contributed by atoms with van der Waals surface area (Å²) in [6.07, 6.45) is 3.26. The summed E-state index contributed by atoms with van der Waals surface area (Å²) in [7, 11) is -2.18. The number of likely N-dealkylation sites (tertiary alicyclic amines) is 1. The minimum atomic E-state index is -2.18. The van der Waals surface area contributed by atoms with Gasteiger partial charge in [-0.2, -0.15) is 0 Å². The van der Waals surface area contributed by atoms with Crippen molar-refractivity contribution in [3.05, 3.63) is 58.6 Å². The highest BCUT2D eigenvalue weighted by Gasteiger charge is 2.47. The number of rotatable bonds is 17. The van der Waals surface area contributed by atoms with Crippen LogP contribution in [0.4, 0.5) is 0 Å². The summed E-state index contributed by atoms with van der Waals surface area (Å²) in [5.41, 5.74) is 5.12. The number of nitrogens with zero attached hydrogens (tertiary/aromatic N) is 3. The van der Waals surface area contributed by atoms with Crippen LogP contribution in [0.2, 0.25) is 18.1 Å². The maximum absolute atomic E-state index is 14.3. The monoisotopic (exact) mass is 822 g/mol. The van der Waals surface area contributed by atoms with E-state index in [1.807, 2.05) is 58.0 Å². The van der Waals surface area contributed by atoms with Crippen molar-refractivity contribution in [1.29, 1.82) is 0 Å². The average molecular weight is 823 g/mol. The van der Waals surface area contributed by atoms with Crippen molar-refractivity contribution in [2.45, 2.75) is 123 Å². The van der Waals surface area contributed by atoms with Gasteiger partial charge in [0.2, 0.25) is 11.8 Å². The van der Waals surface area contributed by atoms with Crippen molar-refractivity contribution < 1.29 is 37.5 Å². The summed E-state index contributed by atoms with van der Waals surface area (Å²) < 4.78 is 34.8. The quantitative estimate of drug-likeness (QED) is 0.0823. The molecule has 2 amide bonds. The second-order valence-electron chi connectivity index (χ2n) is 16.9. The molecule has 1 N–H and O–H groups in total. The number of thiazole rings is 1. The number of amides is 2. The first kappa shape index (κ1) is 44.7. The Morgan fingerprint density at radius 1 is 1.07 bits per heavy atom. The van der Waals surface area contributed by atoms with E-state index in [9.17, 15) is 9.59 Å². The van der Waals surface area contributed by atoms with Crippen molar-refractivity contribution in [2.24, 2.45) is 5.92 Å². The number of benzene rings is 1. The first-order chi connectivity index (χ1) is 27.1. The Balaban J connectivity index is 1.16. The predicted molar refractivity (Wildman–Crippen MR) is 223 cm³/mol. The molecule has 2 saturated heterocycles. The second-order valence-corrected chi connectivity index (χ2v) is 22.5. The van der Waals surface area contributed by atoms with Gasteiger partial charge >= 0.3 is 0 Å². The van der Waals surface area contributed by atoms with E-state index in [1.165, 1.54) is 11.3 Å². The Labute approximate surface area is 343 Å². The summed E-state index contributed by atoms with van der Waals surface area (Å²) in [6, 6.07) is 8.89. The summed E-state index contributed by atoms with van der Waals surface area (Å²) in [6.45, 7) is 22.1. The molecule has 4 heterocycles. The van der Waals surface area contributed by atoms with E-state index >= 15 is 0 Å². The van der Waals surface area contributed by atoms with Crippen molar-refractivity contribution in [2.75, 3.05) is 46.2 Å². The van der Waals surface area contributed by atoms with Gasteiger partial charge in [-0.25, -0.2) is 4.98 Å². The van der Waals surface area contributed by atoms with Gasteiger partial charge in [0.1, 0.15) is 30.0 Å². The fourth-order valence-electron chi connectivity index (χ4n) is 6.81. The van der Waals surface area contributed by atoms with Gasteiger partial charge in [0.25, 0.3) is 0 Å². The van der Waals surface area contributed by atoms with Crippen LogP contribution >= 0.6 is 11.3 Å². The summed E-state index contributed by atoms with van der Waals surface area (Å²) in [4.78, 5) is 35.6. The van der Waals surface area contributed by atoms with Gasteiger partial charge in [0.15, 0.2) is 14.6 Å². The van der Waals surface area contributed by atoms with Gasteiger partial charge in [0, 0.05) is 25.6 Å². The molecule has 0 radical (unpaired) electrons. The van der Waals surface area contributed by atoms with Gasteiger partial charge < -0.3 is 38.1 Å². The van der Waals surface area contributed by atoms with Crippen LogP contribution in [-0.2, 0) is 33.0 Å². The molecule has 14 heteroatoms. The SMILES string of the molecule is Cc1cc([C@H](C(=O)N2C[C@H](O[Si](C)(C)C(C)(C)C)C[C@H]2C(=O)N[C@@H](C)c2ccc(-c3scnc3C#CCOCCOCCOC3CCCCO3)cc2)C(C)C)on1. The zero-order valence-electron chi connectivity index (χ0n) is 35.2. The van der Waals surface area contributed by atoms with Crippen LogP contribution in [0.15, 0.2) is 40.4 Å². The van der Waals surface area contributed by atoms with Crippen LogP contribution in [0.5, 0.6) is 0 Å². The molecule has 312 valence electrons. The third-order valence-electron chi connectivity index (χ3n) is 11.0. The molecule has 2 aromatic heterocycles. The van der Waals surface area contributed by atoms with E-state index in [-0.39, 0.29) is 47.8 Å². The number of hydrogen-bond donors (Lipinski definition) is 1. The number of aromatic nitrogens is 2. The maximum Gasteiger partial charge on any atom is 0.243 e. The van der Waals surface area contributed by atoms with E-state index in [1.54, 1.807) is 10.4 Å². The smallest absolute Gasteiger partial charge is 0.243 e. The fourth-order valence-corrected chi connectivity index (χ4v) is 8.92. The number of aryl methyl sites for hydroxylation is 1. The molecule has 2 aliphatic heterocycles. The third-order valence-corrected chi connectivity index (χ3v) is 16.4. The number of ether oxygens (including phenoxy) is 4. The Morgan fingerprint density at radius 2 is 1.81 bits per heavy atom. The number of carbonyl (C=O) groups excluding carboxylic acids is 2.